The van der Waals surface area contributed by atoms with E-state index in [1.165, 1.54) is 0 Å². The summed E-state index contributed by atoms with van der Waals surface area (Å²) in [5.41, 5.74) is 15.9. The monoisotopic (exact) mass is 330 g/mol. The molecule has 4 N–H and O–H groups in total. The second-order valence-electron chi connectivity index (χ2n) is 5.38. The minimum Gasteiger partial charge on any atom is -0.369 e. The van der Waals surface area contributed by atoms with Crippen molar-refractivity contribution in [2.45, 2.75) is 25.7 Å². The summed E-state index contributed by atoms with van der Waals surface area (Å²) in [5, 5.41) is 8.08. The van der Waals surface area contributed by atoms with Crippen molar-refractivity contribution >= 4 is 24.1 Å². The summed E-state index contributed by atoms with van der Waals surface area (Å²) in [6.45, 7) is 2.05. The van der Waals surface area contributed by atoms with Crippen molar-refractivity contribution in [2.24, 2.45) is 21.7 Å². The fraction of sp³-hybridized carbons (Fsp3) is 0.250. The first-order valence-corrected chi connectivity index (χ1v) is 7.16. The van der Waals surface area contributed by atoms with Gasteiger partial charge in [0, 0.05) is 36.0 Å². The Labute approximate surface area is 141 Å². The normalized spacial score (nSPS) is 18.0. The van der Waals surface area contributed by atoms with Gasteiger partial charge in [0.15, 0.2) is 0 Å². The van der Waals surface area contributed by atoms with Gasteiger partial charge in [-0.15, -0.1) is 17.5 Å². The molecule has 0 radical (unpaired) electrons. The third kappa shape index (κ3) is 3.65. The Hall–Kier alpha value is -2.47. The van der Waals surface area contributed by atoms with Gasteiger partial charge in [0.25, 0.3) is 0 Å². The van der Waals surface area contributed by atoms with E-state index in [9.17, 15) is 0 Å². The first-order valence-electron chi connectivity index (χ1n) is 7.16. The second kappa shape index (κ2) is 7.19. The zero-order chi connectivity index (χ0) is 15.5. The lowest BCUT2D eigenvalue weighted by atomic mass is 9.82. The van der Waals surface area contributed by atoms with Gasteiger partial charge in [-0.05, 0) is 37.1 Å². The number of hydrogen-bond donors (Lipinski definition) is 2. The predicted octanol–water partition coefficient (Wildman–Crippen LogP) is 1.91. The third-order valence-electron chi connectivity index (χ3n) is 3.80. The van der Waals surface area contributed by atoms with Crippen LogP contribution < -0.4 is 11.5 Å². The van der Waals surface area contributed by atoms with Gasteiger partial charge in [-0.3, -0.25) is 9.97 Å². The summed E-state index contributed by atoms with van der Waals surface area (Å²) in [6, 6.07) is 7.92. The number of hydrogen-bond acceptors (Lipinski definition) is 4. The number of rotatable bonds is 2. The molecule has 0 aromatic carbocycles. The van der Waals surface area contributed by atoms with E-state index >= 15 is 0 Å². The molecule has 7 heteroatoms. The summed E-state index contributed by atoms with van der Waals surface area (Å²) in [7, 11) is 0. The van der Waals surface area contributed by atoms with Crippen molar-refractivity contribution in [1.29, 1.82) is 0 Å². The highest BCUT2D eigenvalue weighted by molar-refractivity contribution is 6.04. The summed E-state index contributed by atoms with van der Waals surface area (Å²) in [4.78, 5) is 8.97. The van der Waals surface area contributed by atoms with Crippen LogP contribution in [-0.4, -0.2) is 21.6 Å². The highest BCUT2D eigenvalue weighted by atomic mass is 35.5. The van der Waals surface area contributed by atoms with Crippen LogP contribution in [0.3, 0.4) is 0 Å². The van der Waals surface area contributed by atoms with E-state index in [4.69, 9.17) is 11.5 Å². The molecule has 0 amide bonds. The van der Waals surface area contributed by atoms with Crippen LogP contribution in [0.5, 0.6) is 0 Å². The number of aromatic nitrogens is 2. The molecule has 0 spiro atoms. The molecule has 0 bridgehead atoms. The van der Waals surface area contributed by atoms with Crippen LogP contribution in [-0.2, 0) is 6.42 Å². The topological polar surface area (TPSA) is 103 Å². The molecule has 6 nitrogen and oxygen atoms in total. The summed E-state index contributed by atoms with van der Waals surface area (Å²) < 4.78 is 0. The van der Waals surface area contributed by atoms with Gasteiger partial charge < -0.3 is 11.5 Å². The molecule has 0 saturated carbocycles. The van der Waals surface area contributed by atoms with Crippen molar-refractivity contribution in [3.05, 3.63) is 59.2 Å². The number of aryl methyl sites for hydroxylation is 1. The Balaban J connectivity index is 0.00000192. The highest BCUT2D eigenvalue weighted by Crippen LogP contribution is 2.32. The largest absolute Gasteiger partial charge is 0.369 e. The first-order chi connectivity index (χ1) is 10.6. The smallest absolute Gasteiger partial charge is 0.211 e. The minimum absolute atomic E-state index is 0. The highest BCUT2D eigenvalue weighted by Gasteiger charge is 2.27. The maximum absolute atomic E-state index is 5.41. The van der Waals surface area contributed by atoms with Gasteiger partial charge in [-0.1, -0.05) is 6.07 Å². The van der Waals surface area contributed by atoms with E-state index in [2.05, 4.69) is 20.2 Å². The molecule has 2 heterocycles. The lowest BCUT2D eigenvalue weighted by Crippen LogP contribution is -2.24. The molecule has 1 aliphatic rings. The lowest BCUT2D eigenvalue weighted by Gasteiger charge is -2.25. The van der Waals surface area contributed by atoms with E-state index in [1.54, 1.807) is 6.20 Å². The molecule has 0 saturated heterocycles. The SMILES string of the molecule is Cc1ccnc2c1C(=NN=C(N)N)CC(c1ccccn1)C2.Cl. The molecule has 0 aliphatic heterocycles. The minimum atomic E-state index is -0.0458. The standard InChI is InChI=1S/C16H18N6.ClH/c1-10-5-7-20-13-8-11(12-4-2-3-6-19-12)9-14(15(10)13)21-22-16(17)18;/h2-7,11H,8-9H2,1H3,(H4,17,18,22);1H. The summed E-state index contributed by atoms with van der Waals surface area (Å²) in [6.07, 6.45) is 5.22. The average Bonchev–Trinajstić information content (AvgIpc) is 2.53. The Morgan fingerprint density at radius 1 is 1.13 bits per heavy atom. The van der Waals surface area contributed by atoms with Gasteiger partial charge >= 0.3 is 0 Å². The fourth-order valence-corrected chi connectivity index (χ4v) is 2.84. The Morgan fingerprint density at radius 2 is 1.96 bits per heavy atom. The van der Waals surface area contributed by atoms with E-state index < -0.39 is 0 Å². The molecule has 3 rings (SSSR count). The van der Waals surface area contributed by atoms with Crippen LogP contribution in [0.2, 0.25) is 0 Å². The van der Waals surface area contributed by atoms with Gasteiger partial charge in [-0.25, -0.2) is 0 Å². The fourth-order valence-electron chi connectivity index (χ4n) is 2.84. The van der Waals surface area contributed by atoms with Crippen LogP contribution in [0.4, 0.5) is 0 Å². The van der Waals surface area contributed by atoms with Crippen LogP contribution in [0.15, 0.2) is 46.9 Å². The van der Waals surface area contributed by atoms with Crippen molar-refractivity contribution < 1.29 is 0 Å². The summed E-state index contributed by atoms with van der Waals surface area (Å²) >= 11 is 0. The predicted molar refractivity (Wildman–Crippen MR) is 93.9 cm³/mol. The molecule has 120 valence electrons. The third-order valence-corrected chi connectivity index (χ3v) is 3.80. The number of guanidine groups is 1. The number of nitrogens with zero attached hydrogens (tertiary/aromatic N) is 4. The van der Waals surface area contributed by atoms with Crippen molar-refractivity contribution in [2.75, 3.05) is 0 Å². The Morgan fingerprint density at radius 3 is 2.65 bits per heavy atom. The number of halogens is 1. The maximum Gasteiger partial charge on any atom is 0.211 e. The number of pyridine rings is 2. The van der Waals surface area contributed by atoms with E-state index in [-0.39, 0.29) is 24.3 Å². The van der Waals surface area contributed by atoms with Crippen LogP contribution in [0, 0.1) is 6.92 Å². The molecule has 1 unspecified atom stereocenters. The van der Waals surface area contributed by atoms with Gasteiger partial charge in [0.1, 0.15) is 0 Å². The lowest BCUT2D eigenvalue weighted by molar-refractivity contribution is 0.657. The van der Waals surface area contributed by atoms with Gasteiger partial charge in [-0.2, -0.15) is 5.10 Å². The average molecular weight is 331 g/mol. The van der Waals surface area contributed by atoms with Crippen LogP contribution in [0.1, 0.15) is 34.9 Å². The summed E-state index contributed by atoms with van der Waals surface area (Å²) in [5.74, 6) is 0.187. The van der Waals surface area contributed by atoms with Gasteiger partial charge in [0.05, 0.1) is 11.4 Å². The molecule has 0 fully saturated rings. The van der Waals surface area contributed by atoms with E-state index in [1.807, 2.05) is 37.4 Å². The number of nitrogens with two attached hydrogens (primary N) is 2. The van der Waals surface area contributed by atoms with Crippen molar-refractivity contribution in [3.8, 4) is 0 Å². The van der Waals surface area contributed by atoms with Crippen molar-refractivity contribution in [3.63, 3.8) is 0 Å². The number of fused-ring (bicyclic) bond motifs is 1. The molecule has 1 aliphatic carbocycles. The molecule has 2 aromatic heterocycles. The molecular formula is C16H19ClN6. The van der Waals surface area contributed by atoms with E-state index in [0.717, 1.165) is 41.1 Å². The van der Waals surface area contributed by atoms with E-state index in [0.29, 0.717) is 0 Å². The second-order valence-corrected chi connectivity index (χ2v) is 5.38. The van der Waals surface area contributed by atoms with Crippen LogP contribution in [0.25, 0.3) is 0 Å². The Bertz CT molecular complexity index is 737. The quantitative estimate of drug-likeness (QED) is 0.498. The maximum atomic E-state index is 5.41. The molecule has 2 aromatic rings. The zero-order valence-corrected chi connectivity index (χ0v) is 13.6. The molecule has 1 atom stereocenters. The van der Waals surface area contributed by atoms with Gasteiger partial charge in [0.2, 0.25) is 5.96 Å². The Kier molecular flexibility index (Phi) is 5.28. The first kappa shape index (κ1) is 16.9. The zero-order valence-electron chi connectivity index (χ0n) is 12.8. The van der Waals surface area contributed by atoms with Crippen LogP contribution >= 0.6 is 12.4 Å². The molecular weight excluding hydrogens is 312 g/mol. The molecule has 23 heavy (non-hydrogen) atoms. The van der Waals surface area contributed by atoms with Crippen molar-refractivity contribution in [1.82, 2.24) is 9.97 Å².